The summed E-state index contributed by atoms with van der Waals surface area (Å²) in [6.07, 6.45) is 2.07. The standard InChI is InChI=1S/C14H20N2O3S/c17-13(10-15-6-3-12-2-1-9-20-12)16-7-4-11(5-8-16)14(18)19/h1-2,9,11,15H,3-8,10H2,(H,18,19). The van der Waals surface area contributed by atoms with E-state index in [0.717, 1.165) is 13.0 Å². The summed E-state index contributed by atoms with van der Waals surface area (Å²) in [5.41, 5.74) is 0. The lowest BCUT2D eigenvalue weighted by Crippen LogP contribution is -2.44. The number of carboxylic acids is 1. The summed E-state index contributed by atoms with van der Waals surface area (Å²) < 4.78 is 0. The number of nitrogens with zero attached hydrogens (tertiary/aromatic N) is 1. The molecule has 0 spiro atoms. The lowest BCUT2D eigenvalue weighted by atomic mass is 9.97. The summed E-state index contributed by atoms with van der Waals surface area (Å²) in [5, 5.41) is 14.1. The molecule has 20 heavy (non-hydrogen) atoms. The van der Waals surface area contributed by atoms with Gasteiger partial charge < -0.3 is 15.3 Å². The monoisotopic (exact) mass is 296 g/mol. The molecule has 1 aliphatic heterocycles. The van der Waals surface area contributed by atoms with Gasteiger partial charge in [-0.1, -0.05) is 6.07 Å². The topological polar surface area (TPSA) is 69.6 Å². The minimum atomic E-state index is -0.744. The van der Waals surface area contributed by atoms with Crippen LogP contribution in [-0.2, 0) is 16.0 Å². The number of aliphatic carboxylic acids is 1. The maximum Gasteiger partial charge on any atom is 0.306 e. The Kier molecular flexibility index (Phi) is 5.55. The Labute approximate surface area is 122 Å². The van der Waals surface area contributed by atoms with Crippen molar-refractivity contribution in [2.24, 2.45) is 5.92 Å². The van der Waals surface area contributed by atoms with Crippen molar-refractivity contribution in [2.45, 2.75) is 19.3 Å². The second-order valence-electron chi connectivity index (χ2n) is 5.00. The van der Waals surface area contributed by atoms with Gasteiger partial charge in [-0.25, -0.2) is 0 Å². The highest BCUT2D eigenvalue weighted by Gasteiger charge is 2.26. The van der Waals surface area contributed by atoms with Gasteiger partial charge in [0.25, 0.3) is 0 Å². The number of hydrogen-bond donors (Lipinski definition) is 2. The van der Waals surface area contributed by atoms with Crippen LogP contribution in [0.2, 0.25) is 0 Å². The molecule has 5 nitrogen and oxygen atoms in total. The molecule has 0 radical (unpaired) electrons. The largest absolute Gasteiger partial charge is 0.481 e. The molecule has 2 N–H and O–H groups in total. The van der Waals surface area contributed by atoms with Crippen LogP contribution in [0.4, 0.5) is 0 Å². The molecular formula is C14H20N2O3S. The number of carboxylic acid groups (broad SMARTS) is 1. The maximum atomic E-state index is 12.0. The van der Waals surface area contributed by atoms with Gasteiger partial charge in [0, 0.05) is 24.5 Å². The first-order chi connectivity index (χ1) is 9.66. The fourth-order valence-electron chi connectivity index (χ4n) is 2.35. The van der Waals surface area contributed by atoms with E-state index in [-0.39, 0.29) is 11.8 Å². The van der Waals surface area contributed by atoms with Crippen LogP contribution in [0.15, 0.2) is 17.5 Å². The average molecular weight is 296 g/mol. The predicted octanol–water partition coefficient (Wildman–Crippen LogP) is 1.20. The first-order valence-corrected chi connectivity index (χ1v) is 7.78. The van der Waals surface area contributed by atoms with Crippen molar-refractivity contribution < 1.29 is 14.7 Å². The fourth-order valence-corrected chi connectivity index (χ4v) is 3.06. The van der Waals surface area contributed by atoms with E-state index >= 15 is 0 Å². The molecule has 6 heteroatoms. The molecule has 0 unspecified atom stereocenters. The van der Waals surface area contributed by atoms with Crippen LogP contribution in [0.1, 0.15) is 17.7 Å². The number of carbonyl (C=O) groups is 2. The van der Waals surface area contributed by atoms with Crippen molar-refractivity contribution in [3.63, 3.8) is 0 Å². The van der Waals surface area contributed by atoms with Crippen LogP contribution in [0, 0.1) is 5.92 Å². The molecule has 2 heterocycles. The maximum absolute atomic E-state index is 12.0. The Hall–Kier alpha value is -1.40. The predicted molar refractivity (Wildman–Crippen MR) is 77.8 cm³/mol. The van der Waals surface area contributed by atoms with Crippen LogP contribution in [0.5, 0.6) is 0 Å². The van der Waals surface area contributed by atoms with E-state index in [1.807, 2.05) is 11.4 Å². The number of likely N-dealkylation sites (tertiary alicyclic amines) is 1. The molecule has 1 aromatic heterocycles. The molecule has 110 valence electrons. The number of hydrogen-bond acceptors (Lipinski definition) is 4. The van der Waals surface area contributed by atoms with E-state index in [9.17, 15) is 9.59 Å². The lowest BCUT2D eigenvalue weighted by molar-refractivity contribution is -0.145. The molecule has 0 aromatic carbocycles. The second-order valence-corrected chi connectivity index (χ2v) is 6.03. The average Bonchev–Trinajstić information content (AvgIpc) is 2.96. The first kappa shape index (κ1) is 15.0. The normalized spacial score (nSPS) is 16.3. The van der Waals surface area contributed by atoms with Gasteiger partial charge in [0.1, 0.15) is 0 Å². The van der Waals surface area contributed by atoms with Gasteiger partial charge in [0.15, 0.2) is 0 Å². The van der Waals surface area contributed by atoms with Crippen molar-refractivity contribution in [3.8, 4) is 0 Å². The van der Waals surface area contributed by atoms with Crippen molar-refractivity contribution in [2.75, 3.05) is 26.2 Å². The fraction of sp³-hybridized carbons (Fsp3) is 0.571. The molecule has 1 saturated heterocycles. The third-order valence-electron chi connectivity index (χ3n) is 3.60. The summed E-state index contributed by atoms with van der Waals surface area (Å²) >= 11 is 1.72. The molecule has 1 aromatic rings. The second kappa shape index (κ2) is 7.40. The van der Waals surface area contributed by atoms with E-state index in [0.29, 0.717) is 32.5 Å². The number of rotatable bonds is 6. The summed E-state index contributed by atoms with van der Waals surface area (Å²) in [7, 11) is 0. The highest BCUT2D eigenvalue weighted by Crippen LogP contribution is 2.17. The van der Waals surface area contributed by atoms with Crippen LogP contribution in [-0.4, -0.2) is 48.1 Å². The molecule has 1 fully saturated rings. The highest BCUT2D eigenvalue weighted by atomic mass is 32.1. The molecule has 1 aliphatic rings. The zero-order chi connectivity index (χ0) is 14.4. The molecule has 1 amide bonds. The number of amides is 1. The van der Waals surface area contributed by atoms with Gasteiger partial charge >= 0.3 is 5.97 Å². The Bertz CT molecular complexity index is 439. The molecular weight excluding hydrogens is 276 g/mol. The molecule has 2 rings (SSSR count). The van der Waals surface area contributed by atoms with Gasteiger partial charge in [0.05, 0.1) is 12.5 Å². The number of piperidine rings is 1. The third-order valence-corrected chi connectivity index (χ3v) is 4.54. The molecule has 0 aliphatic carbocycles. The SMILES string of the molecule is O=C(O)C1CCN(C(=O)CNCCc2cccs2)CC1. The Morgan fingerprint density at radius 1 is 1.40 bits per heavy atom. The minimum Gasteiger partial charge on any atom is -0.481 e. The number of thiophene rings is 1. The van der Waals surface area contributed by atoms with Crippen molar-refractivity contribution >= 4 is 23.2 Å². The Balaban J connectivity index is 1.62. The van der Waals surface area contributed by atoms with Gasteiger partial charge in [-0.15, -0.1) is 11.3 Å². The van der Waals surface area contributed by atoms with E-state index in [1.165, 1.54) is 4.88 Å². The summed E-state index contributed by atoms with van der Waals surface area (Å²) in [6, 6.07) is 4.11. The quantitative estimate of drug-likeness (QED) is 0.774. The van der Waals surface area contributed by atoms with Gasteiger partial charge in [-0.3, -0.25) is 9.59 Å². The molecule has 0 atom stereocenters. The van der Waals surface area contributed by atoms with Gasteiger partial charge in [-0.2, -0.15) is 0 Å². The zero-order valence-corrected chi connectivity index (χ0v) is 12.2. The highest BCUT2D eigenvalue weighted by molar-refractivity contribution is 7.09. The van der Waals surface area contributed by atoms with Crippen molar-refractivity contribution in [1.82, 2.24) is 10.2 Å². The molecule has 0 saturated carbocycles. The van der Waals surface area contributed by atoms with E-state index < -0.39 is 5.97 Å². The summed E-state index contributed by atoms with van der Waals surface area (Å²) in [5.74, 6) is -0.961. The minimum absolute atomic E-state index is 0.0695. The lowest BCUT2D eigenvalue weighted by Gasteiger charge is -2.30. The van der Waals surface area contributed by atoms with Crippen molar-refractivity contribution in [3.05, 3.63) is 22.4 Å². The van der Waals surface area contributed by atoms with Crippen LogP contribution < -0.4 is 5.32 Å². The van der Waals surface area contributed by atoms with E-state index in [1.54, 1.807) is 16.2 Å². The summed E-state index contributed by atoms with van der Waals surface area (Å²) in [6.45, 7) is 2.24. The molecule has 0 bridgehead atoms. The zero-order valence-electron chi connectivity index (χ0n) is 11.4. The van der Waals surface area contributed by atoms with Crippen molar-refractivity contribution in [1.29, 1.82) is 0 Å². The van der Waals surface area contributed by atoms with Crippen LogP contribution in [0.25, 0.3) is 0 Å². The van der Waals surface area contributed by atoms with Gasteiger partial charge in [0.2, 0.25) is 5.91 Å². The van der Waals surface area contributed by atoms with Gasteiger partial charge in [-0.05, 0) is 30.7 Å². The number of carbonyl (C=O) groups excluding carboxylic acids is 1. The third kappa shape index (κ3) is 4.31. The first-order valence-electron chi connectivity index (χ1n) is 6.90. The Morgan fingerprint density at radius 2 is 2.15 bits per heavy atom. The smallest absolute Gasteiger partial charge is 0.306 e. The Morgan fingerprint density at radius 3 is 2.75 bits per heavy atom. The summed E-state index contributed by atoms with van der Waals surface area (Å²) in [4.78, 5) is 25.9. The van der Waals surface area contributed by atoms with E-state index in [4.69, 9.17) is 5.11 Å². The van der Waals surface area contributed by atoms with E-state index in [2.05, 4.69) is 11.4 Å². The van der Waals surface area contributed by atoms with Crippen LogP contribution in [0.3, 0.4) is 0 Å². The number of nitrogens with one attached hydrogen (secondary N) is 1. The van der Waals surface area contributed by atoms with Crippen LogP contribution >= 0.6 is 11.3 Å².